The number of benzene rings is 1. The smallest absolute Gasteiger partial charge is 0.296 e. The normalized spacial score (nSPS) is 13.4. The van der Waals surface area contributed by atoms with E-state index in [2.05, 4.69) is 31.1 Å². The largest absolute Gasteiger partial charge is 0.422 e. The Hall–Kier alpha value is -1.75. The van der Waals surface area contributed by atoms with E-state index in [-0.39, 0.29) is 11.4 Å². The van der Waals surface area contributed by atoms with Crippen molar-refractivity contribution in [2.24, 2.45) is 5.73 Å². The maximum Gasteiger partial charge on any atom is 0.296 e. The first kappa shape index (κ1) is 14.7. The van der Waals surface area contributed by atoms with Gasteiger partial charge in [-0.1, -0.05) is 32.4 Å². The molecule has 0 fully saturated rings. The van der Waals surface area contributed by atoms with Crippen molar-refractivity contribution in [3.63, 3.8) is 0 Å². The number of rotatable bonds is 3. The lowest BCUT2D eigenvalue weighted by Crippen LogP contribution is -2.32. The second-order valence-electron chi connectivity index (χ2n) is 5.84. The standard InChI is InChI=1S/C14H18ClN3O2/c1-7(12(16)19)17-13-18-10-6-8(14(2,3)4)5-9(15)11(10)20-13/h5-7H,1-4H3,(H2,16,19)(H,17,18)/t7-/m0/s1. The second kappa shape index (κ2) is 4.98. The maximum absolute atomic E-state index is 11.0. The minimum absolute atomic E-state index is 0.0368. The van der Waals surface area contributed by atoms with Crippen LogP contribution in [0, 0.1) is 0 Å². The van der Waals surface area contributed by atoms with Crippen molar-refractivity contribution in [3.05, 3.63) is 22.7 Å². The van der Waals surface area contributed by atoms with Crippen molar-refractivity contribution < 1.29 is 9.21 Å². The van der Waals surface area contributed by atoms with E-state index < -0.39 is 11.9 Å². The topological polar surface area (TPSA) is 81.2 Å². The zero-order valence-corrected chi connectivity index (χ0v) is 12.7. The Bertz CT molecular complexity index is 658. The Kier molecular flexibility index (Phi) is 3.65. The molecule has 20 heavy (non-hydrogen) atoms. The summed E-state index contributed by atoms with van der Waals surface area (Å²) in [6.45, 7) is 7.93. The number of nitrogens with two attached hydrogens (primary N) is 1. The molecule has 3 N–H and O–H groups in total. The number of primary amides is 1. The van der Waals surface area contributed by atoms with Gasteiger partial charge in [-0.3, -0.25) is 4.79 Å². The Labute approximate surface area is 122 Å². The summed E-state index contributed by atoms with van der Waals surface area (Å²) in [5, 5.41) is 3.30. The summed E-state index contributed by atoms with van der Waals surface area (Å²) in [5.41, 5.74) is 7.38. The van der Waals surface area contributed by atoms with Crippen LogP contribution < -0.4 is 11.1 Å². The summed E-state index contributed by atoms with van der Waals surface area (Å²) >= 11 is 6.23. The number of nitrogens with zero attached hydrogens (tertiary/aromatic N) is 1. The minimum atomic E-state index is -0.566. The van der Waals surface area contributed by atoms with Gasteiger partial charge < -0.3 is 15.5 Å². The molecule has 6 heteroatoms. The molecule has 0 unspecified atom stereocenters. The van der Waals surface area contributed by atoms with E-state index in [4.69, 9.17) is 21.8 Å². The summed E-state index contributed by atoms with van der Waals surface area (Å²) in [5.74, 6) is -0.478. The molecule has 0 aliphatic rings. The van der Waals surface area contributed by atoms with Crippen LogP contribution in [0.15, 0.2) is 16.5 Å². The third kappa shape index (κ3) is 2.88. The lowest BCUT2D eigenvalue weighted by Gasteiger charge is -2.18. The number of fused-ring (bicyclic) bond motifs is 1. The van der Waals surface area contributed by atoms with Crippen molar-refractivity contribution in [1.29, 1.82) is 0 Å². The van der Waals surface area contributed by atoms with Crippen LogP contribution in [0.5, 0.6) is 0 Å². The highest BCUT2D eigenvalue weighted by Crippen LogP contribution is 2.33. The Morgan fingerprint density at radius 1 is 1.45 bits per heavy atom. The van der Waals surface area contributed by atoms with Gasteiger partial charge in [0.05, 0.1) is 5.02 Å². The van der Waals surface area contributed by atoms with Gasteiger partial charge in [0.2, 0.25) is 5.91 Å². The van der Waals surface area contributed by atoms with Gasteiger partial charge in [0.1, 0.15) is 11.6 Å². The molecular weight excluding hydrogens is 278 g/mol. The third-order valence-corrected chi connectivity index (χ3v) is 3.36. The molecule has 1 aromatic heterocycles. The Morgan fingerprint density at radius 2 is 2.10 bits per heavy atom. The lowest BCUT2D eigenvalue weighted by atomic mass is 9.87. The van der Waals surface area contributed by atoms with Gasteiger partial charge in [0.25, 0.3) is 6.01 Å². The van der Waals surface area contributed by atoms with Crippen molar-refractivity contribution >= 4 is 34.6 Å². The van der Waals surface area contributed by atoms with Crippen LogP contribution in [0.2, 0.25) is 5.02 Å². The van der Waals surface area contributed by atoms with Crippen molar-refractivity contribution in [2.45, 2.75) is 39.2 Å². The third-order valence-electron chi connectivity index (χ3n) is 3.08. The molecule has 0 saturated carbocycles. The van der Waals surface area contributed by atoms with Crippen LogP contribution in [-0.2, 0) is 10.2 Å². The molecule has 2 rings (SSSR count). The van der Waals surface area contributed by atoms with Gasteiger partial charge in [-0.2, -0.15) is 4.98 Å². The predicted molar refractivity (Wildman–Crippen MR) is 80.0 cm³/mol. The van der Waals surface area contributed by atoms with E-state index in [1.54, 1.807) is 6.92 Å². The maximum atomic E-state index is 11.0. The predicted octanol–water partition coefficient (Wildman–Crippen LogP) is 3.06. The Balaban J connectivity index is 2.44. The zero-order valence-electron chi connectivity index (χ0n) is 12.0. The van der Waals surface area contributed by atoms with Gasteiger partial charge in [-0.05, 0) is 30.0 Å². The van der Waals surface area contributed by atoms with Gasteiger partial charge in [-0.25, -0.2) is 0 Å². The van der Waals surface area contributed by atoms with E-state index in [9.17, 15) is 4.79 Å². The van der Waals surface area contributed by atoms with E-state index in [1.807, 2.05) is 12.1 Å². The fraction of sp³-hybridized carbons (Fsp3) is 0.429. The van der Waals surface area contributed by atoms with Gasteiger partial charge >= 0.3 is 0 Å². The quantitative estimate of drug-likeness (QED) is 0.912. The average Bonchev–Trinajstić information content (AvgIpc) is 2.70. The SMILES string of the molecule is C[C@H](Nc1nc2cc(C(C)(C)C)cc(Cl)c2o1)C(N)=O. The molecule has 1 atom stereocenters. The highest BCUT2D eigenvalue weighted by atomic mass is 35.5. The summed E-state index contributed by atoms with van der Waals surface area (Å²) in [4.78, 5) is 15.3. The summed E-state index contributed by atoms with van der Waals surface area (Å²) in [6, 6.07) is 3.48. The fourth-order valence-electron chi connectivity index (χ4n) is 1.74. The van der Waals surface area contributed by atoms with E-state index in [1.165, 1.54) is 0 Å². The highest BCUT2D eigenvalue weighted by molar-refractivity contribution is 6.34. The molecule has 0 spiro atoms. The number of nitrogens with one attached hydrogen (secondary N) is 1. The first-order valence-corrected chi connectivity index (χ1v) is 6.72. The number of hydrogen-bond donors (Lipinski definition) is 2. The number of anilines is 1. The molecule has 0 saturated heterocycles. The fourth-order valence-corrected chi connectivity index (χ4v) is 2.00. The van der Waals surface area contributed by atoms with Crippen molar-refractivity contribution in [1.82, 2.24) is 4.98 Å². The number of amides is 1. The second-order valence-corrected chi connectivity index (χ2v) is 6.25. The average molecular weight is 296 g/mol. The molecule has 0 radical (unpaired) electrons. The number of carbonyl (C=O) groups is 1. The van der Waals surface area contributed by atoms with E-state index in [0.717, 1.165) is 5.56 Å². The molecule has 108 valence electrons. The van der Waals surface area contributed by atoms with Crippen LogP contribution in [0.4, 0.5) is 6.01 Å². The molecule has 0 bridgehead atoms. The molecule has 0 aliphatic carbocycles. The zero-order chi connectivity index (χ0) is 15.1. The molecule has 1 heterocycles. The van der Waals surface area contributed by atoms with Gasteiger partial charge in [0.15, 0.2) is 5.58 Å². The first-order valence-electron chi connectivity index (χ1n) is 6.35. The lowest BCUT2D eigenvalue weighted by molar-refractivity contribution is -0.118. The molecule has 0 aliphatic heterocycles. The molecular formula is C14H18ClN3O2. The van der Waals surface area contributed by atoms with Crippen molar-refractivity contribution in [3.8, 4) is 0 Å². The molecule has 2 aromatic rings. The Morgan fingerprint density at radius 3 is 2.65 bits per heavy atom. The summed E-state index contributed by atoms with van der Waals surface area (Å²) in [7, 11) is 0. The summed E-state index contributed by atoms with van der Waals surface area (Å²) < 4.78 is 5.53. The minimum Gasteiger partial charge on any atom is -0.422 e. The van der Waals surface area contributed by atoms with Gasteiger partial charge in [-0.15, -0.1) is 0 Å². The van der Waals surface area contributed by atoms with Crippen LogP contribution in [0.1, 0.15) is 33.3 Å². The number of aromatic nitrogens is 1. The number of carbonyl (C=O) groups excluding carboxylic acids is 1. The molecule has 5 nitrogen and oxygen atoms in total. The number of halogens is 1. The van der Waals surface area contributed by atoms with Crippen LogP contribution >= 0.6 is 11.6 Å². The van der Waals surface area contributed by atoms with E-state index in [0.29, 0.717) is 16.1 Å². The number of hydrogen-bond acceptors (Lipinski definition) is 4. The molecule has 1 amide bonds. The first-order chi connectivity index (χ1) is 9.18. The van der Waals surface area contributed by atoms with Crippen LogP contribution in [0.25, 0.3) is 11.1 Å². The van der Waals surface area contributed by atoms with Crippen LogP contribution in [0.3, 0.4) is 0 Å². The molecule has 1 aromatic carbocycles. The monoisotopic (exact) mass is 295 g/mol. The summed E-state index contributed by atoms with van der Waals surface area (Å²) in [6.07, 6.45) is 0. The van der Waals surface area contributed by atoms with E-state index >= 15 is 0 Å². The van der Waals surface area contributed by atoms with Crippen LogP contribution in [-0.4, -0.2) is 16.9 Å². The highest BCUT2D eigenvalue weighted by Gasteiger charge is 2.19. The van der Waals surface area contributed by atoms with Gasteiger partial charge in [0, 0.05) is 0 Å². The van der Waals surface area contributed by atoms with Crippen molar-refractivity contribution in [2.75, 3.05) is 5.32 Å². The number of oxazole rings is 1.